The summed E-state index contributed by atoms with van der Waals surface area (Å²) in [6.45, 7) is 3.74. The summed E-state index contributed by atoms with van der Waals surface area (Å²) in [4.78, 5) is 9.96. The molecule has 0 aliphatic heterocycles. The van der Waals surface area contributed by atoms with Gasteiger partial charge in [-0.15, -0.1) is 35.3 Å². The van der Waals surface area contributed by atoms with Gasteiger partial charge >= 0.3 is 0 Å². The van der Waals surface area contributed by atoms with E-state index in [2.05, 4.69) is 27.5 Å². The van der Waals surface area contributed by atoms with E-state index in [9.17, 15) is 4.39 Å². The molecule has 0 saturated carbocycles. The highest BCUT2D eigenvalue weighted by Gasteiger charge is 2.03. The van der Waals surface area contributed by atoms with Crippen molar-refractivity contribution in [3.05, 3.63) is 51.7 Å². The van der Waals surface area contributed by atoms with E-state index < -0.39 is 0 Å². The van der Waals surface area contributed by atoms with E-state index in [1.54, 1.807) is 36.2 Å². The molecule has 0 radical (unpaired) electrons. The van der Waals surface area contributed by atoms with Crippen LogP contribution < -0.4 is 10.6 Å². The Kier molecular flexibility index (Phi) is 11.9. The van der Waals surface area contributed by atoms with E-state index in [4.69, 9.17) is 0 Å². The van der Waals surface area contributed by atoms with Crippen LogP contribution in [-0.2, 0) is 18.6 Å². The summed E-state index contributed by atoms with van der Waals surface area (Å²) in [6, 6.07) is 6.93. The predicted octanol–water partition coefficient (Wildman–Crippen LogP) is 4.10. The number of rotatable bonds is 9. The van der Waals surface area contributed by atoms with Crippen LogP contribution in [0.1, 0.15) is 22.4 Å². The normalized spacial score (nSPS) is 11.1. The zero-order valence-corrected chi connectivity index (χ0v) is 19.1. The van der Waals surface area contributed by atoms with Crippen molar-refractivity contribution in [2.45, 2.75) is 25.5 Å². The van der Waals surface area contributed by atoms with Gasteiger partial charge in [-0.1, -0.05) is 25.1 Å². The average molecular weight is 508 g/mol. The lowest BCUT2D eigenvalue weighted by Crippen LogP contribution is -2.39. The van der Waals surface area contributed by atoms with Crippen LogP contribution in [-0.4, -0.2) is 36.8 Å². The fourth-order valence-electron chi connectivity index (χ4n) is 2.17. The third kappa shape index (κ3) is 8.22. The van der Waals surface area contributed by atoms with Crippen molar-refractivity contribution in [2.24, 2.45) is 4.99 Å². The maximum Gasteiger partial charge on any atom is 0.191 e. The third-order valence-corrected chi connectivity index (χ3v) is 5.77. The molecule has 144 valence electrons. The smallest absolute Gasteiger partial charge is 0.191 e. The van der Waals surface area contributed by atoms with Crippen molar-refractivity contribution < 1.29 is 4.39 Å². The summed E-state index contributed by atoms with van der Waals surface area (Å²) in [6.07, 6.45) is 3.89. The van der Waals surface area contributed by atoms with Gasteiger partial charge in [0, 0.05) is 49.1 Å². The molecule has 0 fully saturated rings. The number of aliphatic imine (C=N–C) groups is 1. The molecule has 1 aromatic heterocycles. The van der Waals surface area contributed by atoms with Crippen LogP contribution >= 0.6 is 47.1 Å². The Morgan fingerprint density at radius 1 is 1.27 bits per heavy atom. The van der Waals surface area contributed by atoms with E-state index in [1.165, 1.54) is 10.9 Å². The summed E-state index contributed by atoms with van der Waals surface area (Å²) >= 11 is 3.48. The van der Waals surface area contributed by atoms with E-state index in [0.29, 0.717) is 5.75 Å². The summed E-state index contributed by atoms with van der Waals surface area (Å²) in [5, 5.41) is 7.73. The summed E-state index contributed by atoms with van der Waals surface area (Å²) in [5.74, 6) is 2.23. The molecule has 2 N–H and O–H groups in total. The lowest BCUT2D eigenvalue weighted by molar-refractivity contribution is 0.617. The van der Waals surface area contributed by atoms with Gasteiger partial charge in [0.05, 0.1) is 5.01 Å². The first kappa shape index (κ1) is 23.2. The van der Waals surface area contributed by atoms with Crippen LogP contribution in [0, 0.1) is 5.82 Å². The maximum atomic E-state index is 13.5. The lowest BCUT2D eigenvalue weighted by atomic mass is 10.2. The van der Waals surface area contributed by atoms with E-state index in [1.807, 2.05) is 18.3 Å². The van der Waals surface area contributed by atoms with E-state index >= 15 is 0 Å². The molecule has 2 aromatic rings. The Balaban J connectivity index is 0.00000338. The number of thioether (sulfide) groups is 1. The Bertz CT molecular complexity index is 679. The summed E-state index contributed by atoms with van der Waals surface area (Å²) in [5.41, 5.74) is 0.755. The largest absolute Gasteiger partial charge is 0.356 e. The van der Waals surface area contributed by atoms with Gasteiger partial charge in [0.2, 0.25) is 0 Å². The van der Waals surface area contributed by atoms with Crippen LogP contribution in [0.5, 0.6) is 0 Å². The highest BCUT2D eigenvalue weighted by atomic mass is 127. The van der Waals surface area contributed by atoms with Crippen LogP contribution in [0.3, 0.4) is 0 Å². The number of nitrogens with one attached hydrogen (secondary N) is 2. The quantitative estimate of drug-likeness (QED) is 0.232. The van der Waals surface area contributed by atoms with Crippen LogP contribution in [0.15, 0.2) is 35.5 Å². The van der Waals surface area contributed by atoms with Gasteiger partial charge in [0.25, 0.3) is 0 Å². The molecule has 0 atom stereocenters. The van der Waals surface area contributed by atoms with Crippen molar-refractivity contribution in [3.63, 3.8) is 0 Å². The zero-order valence-electron chi connectivity index (χ0n) is 15.1. The average Bonchev–Trinajstić information content (AvgIpc) is 3.09. The second-order valence-corrected chi connectivity index (χ2v) is 7.70. The van der Waals surface area contributed by atoms with Gasteiger partial charge in [0.1, 0.15) is 5.82 Å². The van der Waals surface area contributed by atoms with Crippen molar-refractivity contribution in [2.75, 3.05) is 25.9 Å². The monoisotopic (exact) mass is 508 g/mol. The minimum Gasteiger partial charge on any atom is -0.356 e. The van der Waals surface area contributed by atoms with Gasteiger partial charge < -0.3 is 10.6 Å². The first-order valence-electron chi connectivity index (χ1n) is 8.42. The Morgan fingerprint density at radius 2 is 2.04 bits per heavy atom. The van der Waals surface area contributed by atoms with E-state index in [-0.39, 0.29) is 29.8 Å². The molecule has 2 rings (SSSR count). The number of guanidine groups is 1. The number of hydrogen-bond acceptors (Lipinski definition) is 4. The number of benzene rings is 1. The number of halogens is 2. The van der Waals surface area contributed by atoms with Gasteiger partial charge in [-0.2, -0.15) is 11.8 Å². The Hall–Kier alpha value is -0.870. The van der Waals surface area contributed by atoms with Crippen molar-refractivity contribution in [1.82, 2.24) is 15.6 Å². The molecule has 4 nitrogen and oxygen atoms in total. The number of aryl methyl sites for hydroxylation is 1. The molecule has 0 aliphatic carbocycles. The predicted molar refractivity (Wildman–Crippen MR) is 123 cm³/mol. The molecule has 0 spiro atoms. The zero-order chi connectivity index (χ0) is 17.9. The summed E-state index contributed by atoms with van der Waals surface area (Å²) < 4.78 is 13.5. The van der Waals surface area contributed by atoms with Crippen LogP contribution in [0.25, 0.3) is 0 Å². The number of aromatic nitrogens is 1. The first-order chi connectivity index (χ1) is 12.2. The van der Waals surface area contributed by atoms with Crippen molar-refractivity contribution >= 4 is 53.0 Å². The van der Waals surface area contributed by atoms with Crippen LogP contribution in [0.4, 0.5) is 4.39 Å². The molecule has 1 aromatic carbocycles. The second-order valence-electron chi connectivity index (χ2n) is 5.39. The summed E-state index contributed by atoms with van der Waals surface area (Å²) in [7, 11) is 1.76. The fourth-order valence-corrected chi connectivity index (χ4v) is 3.88. The molecule has 0 unspecified atom stereocenters. The maximum absolute atomic E-state index is 13.5. The molecule has 0 saturated heterocycles. The Labute approximate surface area is 180 Å². The second kappa shape index (κ2) is 13.3. The van der Waals surface area contributed by atoms with Crippen molar-refractivity contribution in [1.29, 1.82) is 0 Å². The minimum atomic E-state index is -0.131. The van der Waals surface area contributed by atoms with Crippen molar-refractivity contribution in [3.8, 4) is 0 Å². The van der Waals surface area contributed by atoms with Gasteiger partial charge in [-0.05, 0) is 18.1 Å². The third-order valence-electron chi connectivity index (χ3n) is 3.56. The van der Waals surface area contributed by atoms with Gasteiger partial charge in [0.15, 0.2) is 5.96 Å². The fraction of sp³-hybridized carbons (Fsp3) is 0.444. The highest BCUT2D eigenvalue weighted by Crippen LogP contribution is 2.15. The molecule has 26 heavy (non-hydrogen) atoms. The Morgan fingerprint density at radius 3 is 2.73 bits per heavy atom. The van der Waals surface area contributed by atoms with Gasteiger partial charge in [-0.25, -0.2) is 9.37 Å². The molecule has 1 heterocycles. The number of thiazole rings is 1. The topological polar surface area (TPSA) is 49.3 Å². The SMILES string of the molecule is CCc1cnc(CCNC(=NC)NCCSCc2ccccc2F)s1.I. The van der Waals surface area contributed by atoms with Crippen LogP contribution in [0.2, 0.25) is 0 Å². The number of nitrogens with zero attached hydrogens (tertiary/aromatic N) is 2. The standard InChI is InChI=1S/C18H25FN4S2.HI/c1-3-15-12-23-17(25-15)8-9-21-18(20-2)22-10-11-24-13-14-6-4-5-7-16(14)19;/h4-7,12H,3,8-11,13H2,1-2H3,(H2,20,21,22);1H. The number of hydrogen-bond donors (Lipinski definition) is 2. The highest BCUT2D eigenvalue weighted by molar-refractivity contribution is 14.0. The van der Waals surface area contributed by atoms with Gasteiger partial charge in [-0.3, -0.25) is 4.99 Å². The molecule has 8 heteroatoms. The molecule has 0 aliphatic rings. The molecular formula is C18H26FIN4S2. The van der Waals surface area contributed by atoms with E-state index in [0.717, 1.165) is 48.2 Å². The molecular weight excluding hydrogens is 482 g/mol. The minimum absolute atomic E-state index is 0. The molecule has 0 bridgehead atoms. The molecule has 0 amide bonds. The first-order valence-corrected chi connectivity index (χ1v) is 10.4. The lowest BCUT2D eigenvalue weighted by Gasteiger charge is -2.11.